The van der Waals surface area contributed by atoms with Crippen LogP contribution in [0.5, 0.6) is 5.75 Å². The molecule has 2 amide bonds. The van der Waals surface area contributed by atoms with Crippen molar-refractivity contribution in [3.63, 3.8) is 0 Å². The van der Waals surface area contributed by atoms with Gasteiger partial charge in [-0.25, -0.2) is 13.2 Å². The van der Waals surface area contributed by atoms with Crippen LogP contribution < -0.4 is 10.5 Å². The Balaban J connectivity index is 1.51. The minimum Gasteiger partial charge on any atom is -0.492 e. The highest BCUT2D eigenvalue weighted by molar-refractivity contribution is 7.92. The van der Waals surface area contributed by atoms with E-state index in [1.807, 2.05) is 19.9 Å². The number of carbonyl (C=O) groups is 2. The van der Waals surface area contributed by atoms with Gasteiger partial charge in [0.1, 0.15) is 11.5 Å². The van der Waals surface area contributed by atoms with E-state index in [1.165, 1.54) is 12.1 Å². The molecule has 0 atom stereocenters. The Labute approximate surface area is 193 Å². The van der Waals surface area contributed by atoms with Gasteiger partial charge in [0.25, 0.3) is 0 Å². The van der Waals surface area contributed by atoms with E-state index in [4.69, 9.17) is 15.2 Å². The Morgan fingerprint density at radius 3 is 2.33 bits per heavy atom. The fraction of sp³-hybridized carbons (Fsp3) is 0.435. The lowest BCUT2D eigenvalue weighted by Gasteiger charge is -2.31. The van der Waals surface area contributed by atoms with Crippen LogP contribution in [0.1, 0.15) is 26.7 Å². The van der Waals surface area contributed by atoms with Gasteiger partial charge in [-0.05, 0) is 56.9 Å². The van der Waals surface area contributed by atoms with Crippen LogP contribution in [-0.2, 0) is 19.4 Å². The van der Waals surface area contributed by atoms with Crippen molar-refractivity contribution < 1.29 is 27.5 Å². The molecule has 0 spiro atoms. The third-order valence-electron chi connectivity index (χ3n) is 5.27. The van der Waals surface area contributed by atoms with Crippen molar-refractivity contribution >= 4 is 21.8 Å². The Hall–Kier alpha value is -3.14. The SMILES string of the molecule is CC(C)OC(=O)N1CCC(COc2ccc(-c3ccc(S(=O)(=O)CC(N)=O)cc3)nc2)CC1. The van der Waals surface area contributed by atoms with Gasteiger partial charge in [-0.3, -0.25) is 9.78 Å². The minimum atomic E-state index is -3.74. The van der Waals surface area contributed by atoms with Gasteiger partial charge < -0.3 is 20.1 Å². The number of ether oxygens (including phenoxy) is 2. The molecule has 1 aliphatic heterocycles. The molecule has 0 radical (unpaired) electrons. The van der Waals surface area contributed by atoms with Crippen molar-refractivity contribution in [1.29, 1.82) is 0 Å². The first kappa shape index (κ1) is 24.5. The van der Waals surface area contributed by atoms with Gasteiger partial charge in [0.15, 0.2) is 9.84 Å². The first-order valence-corrected chi connectivity index (χ1v) is 12.4. The highest BCUT2D eigenvalue weighted by Crippen LogP contribution is 2.24. The van der Waals surface area contributed by atoms with Crippen LogP contribution in [0.2, 0.25) is 0 Å². The summed E-state index contributed by atoms with van der Waals surface area (Å²) in [6, 6.07) is 9.75. The van der Waals surface area contributed by atoms with Crippen LogP contribution in [0.4, 0.5) is 4.79 Å². The first-order chi connectivity index (χ1) is 15.6. The van der Waals surface area contributed by atoms with Crippen LogP contribution in [-0.4, -0.2) is 61.9 Å². The summed E-state index contributed by atoms with van der Waals surface area (Å²) in [5, 5.41) is 0. The van der Waals surface area contributed by atoms with Crippen molar-refractivity contribution in [3.05, 3.63) is 42.6 Å². The molecule has 33 heavy (non-hydrogen) atoms. The van der Waals surface area contributed by atoms with Gasteiger partial charge in [0.2, 0.25) is 5.91 Å². The zero-order valence-electron chi connectivity index (χ0n) is 18.8. The van der Waals surface area contributed by atoms with Gasteiger partial charge in [-0.2, -0.15) is 0 Å². The molecule has 1 aliphatic rings. The molecule has 0 saturated carbocycles. The van der Waals surface area contributed by atoms with Crippen molar-refractivity contribution in [1.82, 2.24) is 9.88 Å². The molecule has 0 bridgehead atoms. The van der Waals surface area contributed by atoms with Crippen LogP contribution in [0.25, 0.3) is 11.3 Å². The number of carbonyl (C=O) groups excluding carboxylic acids is 2. The number of hydrogen-bond acceptors (Lipinski definition) is 7. The van der Waals surface area contributed by atoms with Gasteiger partial charge in [-0.15, -0.1) is 0 Å². The van der Waals surface area contributed by atoms with Crippen LogP contribution in [0.15, 0.2) is 47.5 Å². The molecule has 1 aromatic carbocycles. The third kappa shape index (κ3) is 6.92. The van der Waals surface area contributed by atoms with E-state index in [9.17, 15) is 18.0 Å². The van der Waals surface area contributed by atoms with Crippen LogP contribution in [0.3, 0.4) is 0 Å². The predicted molar refractivity (Wildman–Crippen MR) is 122 cm³/mol. The number of benzene rings is 1. The lowest BCUT2D eigenvalue weighted by atomic mass is 9.98. The van der Waals surface area contributed by atoms with Gasteiger partial charge >= 0.3 is 6.09 Å². The summed E-state index contributed by atoms with van der Waals surface area (Å²) in [4.78, 5) is 29.1. The topological polar surface area (TPSA) is 129 Å². The number of primary amides is 1. The van der Waals surface area contributed by atoms with Crippen molar-refractivity contribution in [2.75, 3.05) is 25.4 Å². The number of nitrogens with two attached hydrogens (primary N) is 1. The van der Waals surface area contributed by atoms with Gasteiger partial charge in [0.05, 0.1) is 29.5 Å². The second kappa shape index (κ2) is 10.7. The fourth-order valence-corrected chi connectivity index (χ4v) is 4.60. The number of aromatic nitrogens is 1. The number of amides is 2. The van der Waals surface area contributed by atoms with E-state index < -0.39 is 21.5 Å². The van der Waals surface area contributed by atoms with E-state index in [-0.39, 0.29) is 17.1 Å². The standard InChI is InChI=1S/C23H29N3O6S/c1-16(2)32-23(28)26-11-9-17(10-12-26)14-31-19-5-8-21(25-13-19)18-3-6-20(7-4-18)33(29,30)15-22(24)27/h3-8,13,16-17H,9-12,14-15H2,1-2H3,(H2,24,27). The van der Waals surface area contributed by atoms with E-state index in [1.54, 1.807) is 29.3 Å². The van der Waals surface area contributed by atoms with Crippen molar-refractivity contribution in [2.45, 2.75) is 37.7 Å². The lowest BCUT2D eigenvalue weighted by Crippen LogP contribution is -2.40. The number of piperidine rings is 1. The summed E-state index contributed by atoms with van der Waals surface area (Å²) < 4.78 is 35.3. The summed E-state index contributed by atoms with van der Waals surface area (Å²) in [6.45, 7) is 5.53. The molecule has 178 valence electrons. The zero-order chi connectivity index (χ0) is 24.0. The van der Waals surface area contributed by atoms with E-state index in [2.05, 4.69) is 4.98 Å². The lowest BCUT2D eigenvalue weighted by molar-refractivity contribution is -0.115. The highest BCUT2D eigenvalue weighted by Gasteiger charge is 2.24. The van der Waals surface area contributed by atoms with Gasteiger partial charge in [0, 0.05) is 18.7 Å². The van der Waals surface area contributed by atoms with Crippen LogP contribution in [0, 0.1) is 5.92 Å². The van der Waals surface area contributed by atoms with Crippen molar-refractivity contribution in [2.24, 2.45) is 11.7 Å². The van der Waals surface area contributed by atoms with Crippen molar-refractivity contribution in [3.8, 4) is 17.0 Å². The Morgan fingerprint density at radius 2 is 1.79 bits per heavy atom. The molecule has 2 heterocycles. The fourth-order valence-electron chi connectivity index (χ4n) is 3.51. The number of nitrogens with zero attached hydrogens (tertiary/aromatic N) is 2. The summed E-state index contributed by atoms with van der Waals surface area (Å²) in [5.74, 6) is -0.628. The zero-order valence-corrected chi connectivity index (χ0v) is 19.6. The van der Waals surface area contributed by atoms with E-state index >= 15 is 0 Å². The van der Waals surface area contributed by atoms with Crippen LogP contribution >= 0.6 is 0 Å². The third-order valence-corrected chi connectivity index (χ3v) is 6.93. The molecule has 2 N–H and O–H groups in total. The summed E-state index contributed by atoms with van der Waals surface area (Å²) in [6.07, 6.45) is 2.94. The normalized spacial score (nSPS) is 14.8. The summed E-state index contributed by atoms with van der Waals surface area (Å²) in [5.41, 5.74) is 6.40. The average Bonchev–Trinajstić information content (AvgIpc) is 2.77. The molecule has 0 aliphatic carbocycles. The molecule has 1 aromatic heterocycles. The monoisotopic (exact) mass is 475 g/mol. The maximum absolute atomic E-state index is 12.1. The Bertz CT molecular complexity index is 1060. The molecule has 10 heteroatoms. The summed E-state index contributed by atoms with van der Waals surface area (Å²) in [7, 11) is -3.74. The first-order valence-electron chi connectivity index (χ1n) is 10.8. The molecular weight excluding hydrogens is 446 g/mol. The molecule has 0 unspecified atom stereocenters. The highest BCUT2D eigenvalue weighted by atomic mass is 32.2. The molecule has 1 fully saturated rings. The van der Waals surface area contributed by atoms with E-state index in [0.29, 0.717) is 37.1 Å². The summed E-state index contributed by atoms with van der Waals surface area (Å²) >= 11 is 0. The number of sulfone groups is 1. The molecule has 9 nitrogen and oxygen atoms in total. The largest absolute Gasteiger partial charge is 0.492 e. The molecular formula is C23H29N3O6S. The smallest absolute Gasteiger partial charge is 0.410 e. The number of rotatable bonds is 8. The maximum Gasteiger partial charge on any atom is 0.410 e. The molecule has 2 aromatic rings. The average molecular weight is 476 g/mol. The number of pyridine rings is 1. The second-order valence-corrected chi connectivity index (χ2v) is 10.3. The molecule has 1 saturated heterocycles. The Morgan fingerprint density at radius 1 is 1.12 bits per heavy atom. The predicted octanol–water partition coefficient (Wildman–Crippen LogP) is 2.64. The van der Waals surface area contributed by atoms with E-state index in [0.717, 1.165) is 18.4 Å². The second-order valence-electron chi connectivity index (χ2n) is 8.30. The number of likely N-dealkylation sites (tertiary alicyclic amines) is 1. The Kier molecular flexibility index (Phi) is 7.91. The number of hydrogen-bond donors (Lipinski definition) is 1. The minimum absolute atomic E-state index is 0.0357. The molecule has 3 rings (SSSR count). The maximum atomic E-state index is 12.1. The van der Waals surface area contributed by atoms with Gasteiger partial charge in [-0.1, -0.05) is 12.1 Å². The quantitative estimate of drug-likeness (QED) is 0.621.